The first-order chi connectivity index (χ1) is 10.1. The Hall–Kier alpha value is -0.860. The minimum absolute atomic E-state index is 0.453. The molecule has 1 aromatic rings. The lowest BCUT2D eigenvalue weighted by atomic mass is 10.0. The average molecular weight is 290 g/mol. The van der Waals surface area contributed by atoms with Crippen molar-refractivity contribution < 1.29 is 0 Å². The Balaban J connectivity index is 2.30. The van der Waals surface area contributed by atoms with Crippen LogP contribution in [0.1, 0.15) is 64.0 Å². The molecule has 0 fully saturated rings. The fourth-order valence-corrected chi connectivity index (χ4v) is 2.74. The maximum atomic E-state index is 3.71. The molecule has 0 saturated heterocycles. The lowest BCUT2D eigenvalue weighted by Crippen LogP contribution is -2.35. The number of nitrogens with one attached hydrogen (secondary N) is 1. The quantitative estimate of drug-likeness (QED) is 0.598. The number of benzene rings is 1. The van der Waals surface area contributed by atoms with Gasteiger partial charge in [-0.3, -0.25) is 0 Å². The molecule has 1 aromatic carbocycles. The van der Waals surface area contributed by atoms with Gasteiger partial charge in [-0.25, -0.2) is 0 Å². The molecule has 0 aliphatic heterocycles. The van der Waals surface area contributed by atoms with E-state index in [9.17, 15) is 0 Å². The predicted octanol–water partition coefficient (Wildman–Crippen LogP) is 4.63. The highest BCUT2D eigenvalue weighted by atomic mass is 15.1. The van der Waals surface area contributed by atoms with E-state index in [4.69, 9.17) is 0 Å². The van der Waals surface area contributed by atoms with Gasteiger partial charge < -0.3 is 10.2 Å². The number of rotatable bonds is 11. The van der Waals surface area contributed by atoms with Crippen molar-refractivity contribution in [2.24, 2.45) is 0 Å². The molecule has 1 N–H and O–H groups in total. The molecule has 0 aliphatic rings. The molecule has 0 aliphatic carbocycles. The summed E-state index contributed by atoms with van der Waals surface area (Å²) in [5, 5.41) is 3.71. The normalized spacial score (nSPS) is 14.3. The second-order valence-electron chi connectivity index (χ2n) is 6.40. The van der Waals surface area contributed by atoms with Crippen LogP contribution in [-0.4, -0.2) is 31.6 Å². The third-order valence-corrected chi connectivity index (χ3v) is 4.21. The highest BCUT2D eigenvalue weighted by molar-refractivity contribution is 5.19. The van der Waals surface area contributed by atoms with Crippen molar-refractivity contribution in [1.29, 1.82) is 0 Å². The van der Waals surface area contributed by atoms with Crippen molar-refractivity contribution in [2.45, 2.75) is 64.5 Å². The van der Waals surface area contributed by atoms with E-state index in [2.05, 4.69) is 68.5 Å². The molecule has 2 atom stereocenters. The third-order valence-electron chi connectivity index (χ3n) is 4.21. The van der Waals surface area contributed by atoms with Crippen LogP contribution in [0.15, 0.2) is 30.3 Å². The Morgan fingerprint density at radius 3 is 2.29 bits per heavy atom. The Kier molecular flexibility index (Phi) is 9.36. The molecule has 0 radical (unpaired) electrons. The van der Waals surface area contributed by atoms with E-state index in [0.29, 0.717) is 12.1 Å². The summed E-state index contributed by atoms with van der Waals surface area (Å²) in [4.78, 5) is 2.30. The van der Waals surface area contributed by atoms with Gasteiger partial charge in [0.2, 0.25) is 0 Å². The predicted molar refractivity (Wildman–Crippen MR) is 93.7 cm³/mol. The Bertz CT molecular complexity index is 348. The third kappa shape index (κ3) is 7.63. The van der Waals surface area contributed by atoms with Crippen molar-refractivity contribution in [2.75, 3.05) is 20.6 Å². The minimum Gasteiger partial charge on any atom is -0.312 e. The molecule has 0 saturated carbocycles. The summed E-state index contributed by atoms with van der Waals surface area (Å²) in [5.41, 5.74) is 1.39. The Morgan fingerprint density at radius 1 is 1.00 bits per heavy atom. The van der Waals surface area contributed by atoms with Crippen LogP contribution in [0.4, 0.5) is 0 Å². The zero-order chi connectivity index (χ0) is 15.5. The zero-order valence-corrected chi connectivity index (χ0v) is 14.4. The second kappa shape index (κ2) is 10.8. The van der Waals surface area contributed by atoms with E-state index < -0.39 is 0 Å². The van der Waals surface area contributed by atoms with Gasteiger partial charge in [0, 0.05) is 18.6 Å². The smallest absolute Gasteiger partial charge is 0.0466 e. The molecule has 1 rings (SSSR count). The highest BCUT2D eigenvalue weighted by Gasteiger charge is 2.14. The lowest BCUT2D eigenvalue weighted by molar-refractivity contribution is 0.278. The molecule has 2 unspecified atom stereocenters. The molecule has 0 spiro atoms. The molecule has 21 heavy (non-hydrogen) atoms. The van der Waals surface area contributed by atoms with Crippen LogP contribution in [-0.2, 0) is 0 Å². The van der Waals surface area contributed by atoms with E-state index in [0.717, 1.165) is 6.54 Å². The first-order valence-corrected chi connectivity index (χ1v) is 8.60. The Labute approximate surface area is 131 Å². The summed E-state index contributed by atoms with van der Waals surface area (Å²) >= 11 is 0. The molecule has 2 heteroatoms. The Morgan fingerprint density at radius 2 is 1.67 bits per heavy atom. The van der Waals surface area contributed by atoms with Crippen molar-refractivity contribution in [3.05, 3.63) is 35.9 Å². The first-order valence-electron chi connectivity index (χ1n) is 8.60. The van der Waals surface area contributed by atoms with Gasteiger partial charge >= 0.3 is 0 Å². The standard InChI is InChI=1S/C19H34N2/c1-5-6-7-8-10-13-17(2)20-16-19(21(3)4)18-14-11-9-12-15-18/h9,11-12,14-15,17,19-20H,5-8,10,13,16H2,1-4H3. The van der Waals surface area contributed by atoms with Crippen molar-refractivity contribution in [3.8, 4) is 0 Å². The van der Waals surface area contributed by atoms with Crippen LogP contribution in [0.3, 0.4) is 0 Å². The lowest BCUT2D eigenvalue weighted by Gasteiger charge is -2.27. The average Bonchev–Trinajstić information content (AvgIpc) is 2.48. The molecule has 120 valence electrons. The summed E-state index contributed by atoms with van der Waals surface area (Å²) in [6, 6.07) is 11.9. The zero-order valence-electron chi connectivity index (χ0n) is 14.4. The number of hydrogen-bond donors (Lipinski definition) is 1. The van der Waals surface area contributed by atoms with Gasteiger partial charge in [-0.2, -0.15) is 0 Å². The minimum atomic E-state index is 0.453. The van der Waals surface area contributed by atoms with Crippen LogP contribution in [0.2, 0.25) is 0 Å². The summed E-state index contributed by atoms with van der Waals surface area (Å²) in [5.74, 6) is 0. The summed E-state index contributed by atoms with van der Waals surface area (Å²) < 4.78 is 0. The maximum absolute atomic E-state index is 3.71. The summed E-state index contributed by atoms with van der Waals surface area (Å²) in [6.07, 6.45) is 8.14. The fraction of sp³-hybridized carbons (Fsp3) is 0.684. The van der Waals surface area contributed by atoms with Crippen LogP contribution in [0, 0.1) is 0 Å². The van der Waals surface area contributed by atoms with Gasteiger partial charge in [-0.05, 0) is 33.0 Å². The van der Waals surface area contributed by atoms with Gasteiger partial charge in [0.05, 0.1) is 0 Å². The van der Waals surface area contributed by atoms with E-state index in [1.54, 1.807) is 0 Å². The largest absolute Gasteiger partial charge is 0.312 e. The summed E-state index contributed by atoms with van der Waals surface area (Å²) in [7, 11) is 4.32. The topological polar surface area (TPSA) is 15.3 Å². The molecular weight excluding hydrogens is 256 g/mol. The number of nitrogens with zero attached hydrogens (tertiary/aromatic N) is 1. The van der Waals surface area contributed by atoms with Crippen LogP contribution in [0.5, 0.6) is 0 Å². The molecule has 0 bridgehead atoms. The highest BCUT2D eigenvalue weighted by Crippen LogP contribution is 2.17. The molecule has 0 heterocycles. The van der Waals surface area contributed by atoms with E-state index in [1.165, 1.54) is 44.1 Å². The number of likely N-dealkylation sites (N-methyl/N-ethyl adjacent to an activating group) is 1. The molecule has 0 aromatic heterocycles. The molecular formula is C19H34N2. The van der Waals surface area contributed by atoms with Crippen LogP contribution in [0.25, 0.3) is 0 Å². The van der Waals surface area contributed by atoms with Gasteiger partial charge in [0.15, 0.2) is 0 Å². The number of unbranched alkanes of at least 4 members (excludes halogenated alkanes) is 4. The maximum Gasteiger partial charge on any atom is 0.0466 e. The monoisotopic (exact) mass is 290 g/mol. The van der Waals surface area contributed by atoms with Crippen LogP contribution < -0.4 is 5.32 Å². The van der Waals surface area contributed by atoms with Crippen molar-refractivity contribution >= 4 is 0 Å². The van der Waals surface area contributed by atoms with Gasteiger partial charge in [0.25, 0.3) is 0 Å². The number of hydrogen-bond acceptors (Lipinski definition) is 2. The molecule has 2 nitrogen and oxygen atoms in total. The van der Waals surface area contributed by atoms with Crippen LogP contribution >= 0.6 is 0 Å². The second-order valence-corrected chi connectivity index (χ2v) is 6.40. The van der Waals surface area contributed by atoms with E-state index >= 15 is 0 Å². The first kappa shape index (κ1) is 18.2. The van der Waals surface area contributed by atoms with E-state index in [1.807, 2.05) is 0 Å². The fourth-order valence-electron chi connectivity index (χ4n) is 2.74. The van der Waals surface area contributed by atoms with Gasteiger partial charge in [-0.1, -0.05) is 69.4 Å². The van der Waals surface area contributed by atoms with Crippen molar-refractivity contribution in [1.82, 2.24) is 10.2 Å². The van der Waals surface area contributed by atoms with Gasteiger partial charge in [-0.15, -0.1) is 0 Å². The van der Waals surface area contributed by atoms with E-state index in [-0.39, 0.29) is 0 Å². The molecule has 0 amide bonds. The van der Waals surface area contributed by atoms with Gasteiger partial charge in [0.1, 0.15) is 0 Å². The van der Waals surface area contributed by atoms with Crippen molar-refractivity contribution in [3.63, 3.8) is 0 Å². The SMILES string of the molecule is CCCCCCCC(C)NCC(c1ccccc1)N(C)C. The summed E-state index contributed by atoms with van der Waals surface area (Å²) in [6.45, 7) is 5.61.